The van der Waals surface area contributed by atoms with Gasteiger partial charge in [0.1, 0.15) is 35.3 Å². The quantitative estimate of drug-likeness (QED) is 0.162. The van der Waals surface area contributed by atoms with Crippen LogP contribution in [0.1, 0.15) is 73.8 Å². The first kappa shape index (κ1) is 43.2. The van der Waals surface area contributed by atoms with E-state index >= 15 is 0 Å². The molecule has 4 bridgehead atoms. The number of rotatable bonds is 6. The highest BCUT2D eigenvalue weighted by molar-refractivity contribution is 5.99. The van der Waals surface area contributed by atoms with Gasteiger partial charge in [-0.1, -0.05) is 56.7 Å². The molecule has 3 heterocycles. The molecule has 3 aliphatic heterocycles. The Kier molecular flexibility index (Phi) is 12.8. The van der Waals surface area contributed by atoms with Crippen LogP contribution in [0.15, 0.2) is 60.2 Å². The van der Waals surface area contributed by atoms with E-state index in [2.05, 4.69) is 10.6 Å². The van der Waals surface area contributed by atoms with Crippen LogP contribution in [-0.4, -0.2) is 91.8 Å². The molecule has 2 aromatic carbocycles. The lowest BCUT2D eigenvalue weighted by atomic mass is 9.83. The highest BCUT2D eigenvalue weighted by atomic mass is 16.7. The number of anilines is 2. The van der Waals surface area contributed by atoms with Crippen molar-refractivity contribution >= 4 is 35.4 Å². The molecule has 14 heteroatoms. The lowest BCUT2D eigenvalue weighted by Crippen LogP contribution is -2.63. The minimum atomic E-state index is -1.81. The van der Waals surface area contributed by atoms with Gasteiger partial charge in [0.25, 0.3) is 0 Å². The van der Waals surface area contributed by atoms with Gasteiger partial charge in [0.2, 0.25) is 5.91 Å². The average Bonchev–Trinajstić information content (AvgIpc) is 3.82. The van der Waals surface area contributed by atoms with E-state index < -0.39 is 71.3 Å². The van der Waals surface area contributed by atoms with Gasteiger partial charge in [0.15, 0.2) is 5.72 Å². The number of nitrogens with one attached hydrogen (secondary N) is 2. The zero-order chi connectivity index (χ0) is 42.0. The molecular weight excluding hydrogens is 734 g/mol. The molecule has 0 aromatic heterocycles. The summed E-state index contributed by atoms with van der Waals surface area (Å²) in [6.45, 7) is 14.3. The summed E-state index contributed by atoms with van der Waals surface area (Å²) in [6.07, 6.45) is 0.780. The van der Waals surface area contributed by atoms with Gasteiger partial charge < -0.3 is 38.4 Å². The SMILES string of the molecule is COc1cc2cc(c1-c1ccc(NC(=O)OC(C)(C)C)cc1)N(C)C(=O)C[C@H](OC(=O)C(C)C)[C@]1(C)O[C@H]1[C@H](C)[C@@H]1C[C@@](O)(NC(=O)O1)[C@H](OC)/C=C/C=C(\C)C2. The molecule has 0 aliphatic carbocycles. The number of aliphatic hydroxyl groups is 1. The molecule has 0 radical (unpaired) electrons. The van der Waals surface area contributed by atoms with E-state index in [1.807, 2.05) is 44.2 Å². The van der Waals surface area contributed by atoms with Gasteiger partial charge in [-0.3, -0.25) is 20.2 Å². The number of methoxy groups -OCH3 is 2. The number of allylic oxidation sites excluding steroid dienone is 3. The van der Waals surface area contributed by atoms with E-state index in [1.165, 1.54) is 12.0 Å². The number of ether oxygens (including phenoxy) is 6. The molecule has 2 fully saturated rings. The van der Waals surface area contributed by atoms with Crippen LogP contribution in [0, 0.1) is 11.8 Å². The van der Waals surface area contributed by atoms with E-state index in [9.17, 15) is 24.3 Å². The lowest BCUT2D eigenvalue weighted by molar-refractivity contribution is -0.157. The number of hydrogen-bond acceptors (Lipinski definition) is 11. The molecule has 5 rings (SSSR count). The van der Waals surface area contributed by atoms with Crippen LogP contribution in [-0.2, 0) is 39.7 Å². The van der Waals surface area contributed by atoms with Gasteiger partial charge in [0.05, 0.1) is 31.2 Å². The standard InChI is InChI=1S/C43H57N3O11/c1-24(2)38(48)55-34-22-35(47)46(9)30-20-27(21-31(52-10)36(30)28-15-17-29(18-16-28)44-39(49)57-41(5,6)7)19-25(3)13-12-14-33(53-11)43(51)23-32(54-40(50)45-43)26(4)37-42(34,8)56-37/h12-18,20-21,24,26,32-34,37,51H,19,22-23H2,1-11H3,(H,44,49)(H,45,50)/b14-12+,25-13+/t26-,32+,33-,34+,37+,42+,43+/m1/s1. The number of carbonyl (C=O) groups is 4. The molecule has 3 amide bonds. The molecule has 0 saturated carbocycles. The fraction of sp³-hybridized carbons (Fsp3) is 0.535. The van der Waals surface area contributed by atoms with E-state index in [0.29, 0.717) is 34.7 Å². The van der Waals surface area contributed by atoms with Crippen LogP contribution in [0.3, 0.4) is 0 Å². The van der Waals surface area contributed by atoms with Crippen molar-refractivity contribution in [3.63, 3.8) is 0 Å². The topological polar surface area (TPSA) is 174 Å². The molecule has 3 N–H and O–H groups in total. The number of benzene rings is 2. The van der Waals surface area contributed by atoms with Crippen molar-refractivity contribution in [2.24, 2.45) is 11.8 Å². The van der Waals surface area contributed by atoms with Crippen molar-refractivity contribution in [3.8, 4) is 16.9 Å². The summed E-state index contributed by atoms with van der Waals surface area (Å²) >= 11 is 0. The monoisotopic (exact) mass is 791 g/mol. The number of alkyl carbamates (subject to hydrolysis) is 1. The molecule has 57 heavy (non-hydrogen) atoms. The Morgan fingerprint density at radius 2 is 1.79 bits per heavy atom. The molecule has 14 nitrogen and oxygen atoms in total. The maximum Gasteiger partial charge on any atom is 0.412 e. The predicted octanol–water partition coefficient (Wildman–Crippen LogP) is 6.68. The number of nitrogens with zero attached hydrogens (tertiary/aromatic N) is 1. The van der Waals surface area contributed by atoms with Gasteiger partial charge in [0, 0.05) is 37.7 Å². The molecule has 310 valence electrons. The molecule has 7 atom stereocenters. The second-order valence-corrected chi connectivity index (χ2v) is 16.6. The second-order valence-electron chi connectivity index (χ2n) is 16.6. The van der Waals surface area contributed by atoms with Gasteiger partial charge in [-0.15, -0.1) is 0 Å². The minimum Gasteiger partial charge on any atom is -0.496 e. The van der Waals surface area contributed by atoms with Gasteiger partial charge in [-0.05, 0) is 76.4 Å². The number of fused-ring (bicyclic) bond motifs is 5. The van der Waals surface area contributed by atoms with Gasteiger partial charge in [-0.2, -0.15) is 0 Å². The van der Waals surface area contributed by atoms with Gasteiger partial charge in [-0.25, -0.2) is 9.59 Å². The number of epoxide rings is 1. The third-order valence-corrected chi connectivity index (χ3v) is 10.6. The first-order valence-corrected chi connectivity index (χ1v) is 19.2. The smallest absolute Gasteiger partial charge is 0.412 e. The van der Waals surface area contributed by atoms with Crippen LogP contribution in [0.4, 0.5) is 21.0 Å². The maximum atomic E-state index is 14.5. The Morgan fingerprint density at radius 1 is 1.11 bits per heavy atom. The summed E-state index contributed by atoms with van der Waals surface area (Å²) in [6, 6.07) is 10.9. The summed E-state index contributed by atoms with van der Waals surface area (Å²) in [5, 5.41) is 17.0. The summed E-state index contributed by atoms with van der Waals surface area (Å²) in [7, 11) is 4.66. The van der Waals surface area contributed by atoms with Crippen molar-refractivity contribution in [1.29, 1.82) is 0 Å². The van der Waals surface area contributed by atoms with Crippen molar-refractivity contribution in [3.05, 3.63) is 65.8 Å². The van der Waals surface area contributed by atoms with E-state index in [4.69, 9.17) is 28.4 Å². The van der Waals surface area contributed by atoms with Crippen LogP contribution in [0.5, 0.6) is 5.75 Å². The predicted molar refractivity (Wildman–Crippen MR) is 214 cm³/mol. The fourth-order valence-electron chi connectivity index (χ4n) is 7.36. The normalized spacial score (nSPS) is 29.5. The van der Waals surface area contributed by atoms with Crippen LogP contribution < -0.4 is 20.3 Å². The van der Waals surface area contributed by atoms with Crippen LogP contribution in [0.25, 0.3) is 11.1 Å². The largest absolute Gasteiger partial charge is 0.496 e. The van der Waals surface area contributed by atoms with Crippen molar-refractivity contribution < 1.29 is 52.7 Å². The van der Waals surface area contributed by atoms with Crippen molar-refractivity contribution in [2.75, 3.05) is 31.5 Å². The van der Waals surface area contributed by atoms with Crippen LogP contribution >= 0.6 is 0 Å². The highest BCUT2D eigenvalue weighted by Gasteiger charge is 2.64. The van der Waals surface area contributed by atoms with Crippen molar-refractivity contribution in [2.45, 2.75) is 116 Å². The molecule has 0 unspecified atom stereocenters. The first-order chi connectivity index (χ1) is 26.7. The molecule has 0 spiro atoms. The third-order valence-electron chi connectivity index (χ3n) is 10.6. The molecule has 3 aliphatic rings. The fourth-order valence-corrected chi connectivity index (χ4v) is 7.36. The summed E-state index contributed by atoms with van der Waals surface area (Å²) in [5.41, 5.74) is 0.567. The molecular formula is C43H57N3O11. The Labute approximate surface area is 334 Å². The van der Waals surface area contributed by atoms with E-state index in [1.54, 1.807) is 80.0 Å². The van der Waals surface area contributed by atoms with E-state index in [-0.39, 0.29) is 18.7 Å². The maximum absolute atomic E-state index is 14.5. The number of hydrogen-bond donors (Lipinski definition) is 3. The summed E-state index contributed by atoms with van der Waals surface area (Å²) in [4.78, 5) is 54.5. The molecule has 2 aromatic rings. The Bertz CT molecular complexity index is 1900. The zero-order valence-electron chi connectivity index (χ0n) is 34.8. The zero-order valence-corrected chi connectivity index (χ0v) is 34.8. The van der Waals surface area contributed by atoms with Crippen LogP contribution in [0.2, 0.25) is 0 Å². The van der Waals surface area contributed by atoms with Gasteiger partial charge >= 0.3 is 18.2 Å². The third kappa shape index (κ3) is 9.97. The number of carbonyl (C=O) groups excluding carboxylic acids is 4. The second kappa shape index (κ2) is 16.9. The number of amides is 3. The first-order valence-electron chi connectivity index (χ1n) is 19.2. The Hall–Kier alpha value is -4.92. The molecule has 2 saturated heterocycles. The Morgan fingerprint density at radius 3 is 2.40 bits per heavy atom. The van der Waals surface area contributed by atoms with Crippen molar-refractivity contribution in [1.82, 2.24) is 5.32 Å². The summed E-state index contributed by atoms with van der Waals surface area (Å²) < 4.78 is 35.1. The average molecular weight is 792 g/mol. The lowest BCUT2D eigenvalue weighted by Gasteiger charge is -2.42. The van der Waals surface area contributed by atoms with E-state index in [0.717, 1.165) is 11.1 Å². The minimum absolute atomic E-state index is 0.0219. The Balaban J connectivity index is 1.60. The summed E-state index contributed by atoms with van der Waals surface area (Å²) in [5.74, 6) is -1.32. The number of esters is 1. The highest BCUT2D eigenvalue weighted by Crippen LogP contribution is 2.49.